The Morgan fingerprint density at radius 2 is 1.53 bits per heavy atom. The lowest BCUT2D eigenvalue weighted by Crippen LogP contribution is -2.31. The van der Waals surface area contributed by atoms with Gasteiger partial charge in [-0.25, -0.2) is 0 Å². The summed E-state index contributed by atoms with van der Waals surface area (Å²) in [5, 5.41) is 0. The predicted molar refractivity (Wildman–Crippen MR) is 73.3 cm³/mol. The maximum absolute atomic E-state index is 12.1. The molecule has 1 unspecified atom stereocenters. The lowest BCUT2D eigenvalue weighted by molar-refractivity contribution is -0.114. The monoisotopic (exact) mass is 271 g/mol. The number of hydrogen-bond donors (Lipinski definition) is 0. The minimum Gasteiger partial charge on any atom is -0.284 e. The van der Waals surface area contributed by atoms with Gasteiger partial charge in [0.25, 0.3) is 5.78 Å². The number of hydrogen-bond acceptors (Lipinski definition) is 2. The van der Waals surface area contributed by atoms with Crippen LogP contribution in [0.25, 0.3) is 0 Å². The second-order valence-electron chi connectivity index (χ2n) is 4.27. The van der Waals surface area contributed by atoms with E-state index in [2.05, 4.69) is 0 Å². The van der Waals surface area contributed by atoms with E-state index in [0.29, 0.717) is 11.3 Å². The van der Waals surface area contributed by atoms with E-state index in [1.165, 1.54) is 4.90 Å². The molecule has 0 spiro atoms. The van der Waals surface area contributed by atoms with Gasteiger partial charge in [-0.2, -0.15) is 0 Å². The molecule has 1 aliphatic heterocycles. The maximum atomic E-state index is 12.1. The smallest absolute Gasteiger partial charge is 0.284 e. The Morgan fingerprint density at radius 1 is 0.895 bits per heavy atom. The molecule has 3 rings (SSSR count). The number of fused-ring (bicyclic) bond motifs is 1. The molecule has 1 atom stereocenters. The number of carbonyl (C=O) groups is 2. The van der Waals surface area contributed by atoms with Crippen molar-refractivity contribution in [2.24, 2.45) is 0 Å². The fourth-order valence-corrected chi connectivity index (χ4v) is 2.53. The molecule has 0 radical (unpaired) electrons. The number of rotatable bonds is 2. The van der Waals surface area contributed by atoms with Gasteiger partial charge in [0.2, 0.25) is 0 Å². The highest BCUT2D eigenvalue weighted by Gasteiger charge is 2.39. The molecule has 2 aromatic rings. The highest BCUT2D eigenvalue weighted by atomic mass is 35.5. The third-order valence-electron chi connectivity index (χ3n) is 3.12. The van der Waals surface area contributed by atoms with Crippen LogP contribution in [0.15, 0.2) is 54.6 Å². The summed E-state index contributed by atoms with van der Waals surface area (Å²) >= 11 is 6.35. The number of anilines is 1. The molecule has 0 N–H and O–H groups in total. The first-order chi connectivity index (χ1) is 9.20. The summed E-state index contributed by atoms with van der Waals surface area (Å²) in [4.78, 5) is 25.3. The lowest BCUT2D eigenvalue weighted by atomic mass is 10.1. The van der Waals surface area contributed by atoms with Crippen molar-refractivity contribution in [1.82, 2.24) is 0 Å². The molecule has 0 aliphatic carbocycles. The van der Waals surface area contributed by atoms with Crippen LogP contribution < -0.4 is 4.90 Å². The average Bonchev–Trinajstić information content (AvgIpc) is 2.72. The molecule has 0 aromatic heterocycles. The first-order valence-electron chi connectivity index (χ1n) is 5.86. The molecule has 4 heteroatoms. The number of benzene rings is 2. The number of halogens is 1. The zero-order valence-electron chi connectivity index (χ0n) is 9.92. The minimum atomic E-state index is -0.679. The fraction of sp³-hybridized carbons (Fsp3) is 0.0667. The molecule has 3 nitrogen and oxygen atoms in total. The Morgan fingerprint density at radius 3 is 2.26 bits per heavy atom. The van der Waals surface area contributed by atoms with E-state index in [9.17, 15) is 9.59 Å². The number of amides is 1. The molecular formula is C15H10ClNO2. The number of nitrogens with zero attached hydrogens (tertiary/aromatic N) is 1. The van der Waals surface area contributed by atoms with E-state index in [-0.39, 0.29) is 0 Å². The molecule has 1 amide bonds. The molecule has 0 saturated heterocycles. The third-order valence-corrected chi connectivity index (χ3v) is 3.57. The summed E-state index contributed by atoms with van der Waals surface area (Å²) in [5.74, 6) is -1.08. The second-order valence-corrected chi connectivity index (χ2v) is 4.68. The van der Waals surface area contributed by atoms with Crippen molar-refractivity contribution in [1.29, 1.82) is 0 Å². The largest absolute Gasteiger partial charge is 0.301 e. The topological polar surface area (TPSA) is 37.4 Å². The highest BCUT2D eigenvalue weighted by molar-refractivity contribution is 6.53. The van der Waals surface area contributed by atoms with Crippen LogP contribution >= 0.6 is 11.6 Å². The second kappa shape index (κ2) is 4.52. The van der Waals surface area contributed by atoms with Crippen LogP contribution in [0.3, 0.4) is 0 Å². The molecule has 1 aliphatic rings. The van der Waals surface area contributed by atoms with Gasteiger partial charge in [-0.05, 0) is 17.7 Å². The van der Waals surface area contributed by atoms with Gasteiger partial charge in [-0.1, -0.05) is 54.1 Å². The van der Waals surface area contributed by atoms with Gasteiger partial charge in [0.05, 0.1) is 11.3 Å². The summed E-state index contributed by atoms with van der Waals surface area (Å²) in [5.41, 5.74) is 1.08. The van der Waals surface area contributed by atoms with Crippen LogP contribution in [0.4, 0.5) is 5.69 Å². The Labute approximate surface area is 115 Å². The van der Waals surface area contributed by atoms with Gasteiger partial charge >= 0.3 is 5.91 Å². The molecule has 2 aromatic carbocycles. The van der Waals surface area contributed by atoms with E-state index in [4.69, 9.17) is 11.6 Å². The molecule has 19 heavy (non-hydrogen) atoms. The van der Waals surface area contributed by atoms with Gasteiger partial charge in [-0.15, -0.1) is 0 Å². The predicted octanol–water partition coefficient (Wildman–Crippen LogP) is 3.15. The standard InChI is InChI=1S/C15H10ClNO2/c16-14(10-6-2-1-3-7-10)17-12-9-5-4-8-11(12)13(18)15(17)19/h1-9,14H. The zero-order valence-corrected chi connectivity index (χ0v) is 10.7. The van der Waals surface area contributed by atoms with E-state index < -0.39 is 17.2 Å². The van der Waals surface area contributed by atoms with Crippen LogP contribution in [-0.4, -0.2) is 11.7 Å². The number of para-hydroxylation sites is 1. The SMILES string of the molecule is O=C1C(=O)N(C(Cl)c2ccccc2)c2ccccc21. The molecular weight excluding hydrogens is 262 g/mol. The molecule has 1 heterocycles. The Balaban J connectivity index is 2.07. The Kier molecular flexibility index (Phi) is 2.84. The molecule has 0 bridgehead atoms. The van der Waals surface area contributed by atoms with Crippen LogP contribution in [0, 0.1) is 0 Å². The van der Waals surface area contributed by atoms with Crippen molar-refractivity contribution in [2.45, 2.75) is 5.50 Å². The maximum Gasteiger partial charge on any atom is 0.301 e. The van der Waals surface area contributed by atoms with E-state index >= 15 is 0 Å². The summed E-state index contributed by atoms with van der Waals surface area (Å²) < 4.78 is 0. The quantitative estimate of drug-likeness (QED) is 0.478. The van der Waals surface area contributed by atoms with Crippen molar-refractivity contribution < 1.29 is 9.59 Å². The first-order valence-corrected chi connectivity index (χ1v) is 6.30. The lowest BCUT2D eigenvalue weighted by Gasteiger charge is -2.22. The number of carbonyl (C=O) groups excluding carboxylic acids is 2. The minimum absolute atomic E-state index is 0.411. The normalized spacial score (nSPS) is 15.5. The van der Waals surface area contributed by atoms with Gasteiger partial charge in [0.1, 0.15) is 5.50 Å². The summed E-state index contributed by atoms with van der Waals surface area (Å²) in [6.07, 6.45) is 0. The molecule has 0 saturated carbocycles. The summed E-state index contributed by atoms with van der Waals surface area (Å²) in [6, 6.07) is 16.1. The number of Topliss-reactive ketones (excluding diaryl/α,β-unsaturated/α-hetero) is 1. The van der Waals surface area contributed by atoms with Crippen molar-refractivity contribution in [3.8, 4) is 0 Å². The van der Waals surface area contributed by atoms with Crippen molar-refractivity contribution in [3.63, 3.8) is 0 Å². The molecule has 0 fully saturated rings. The fourth-order valence-electron chi connectivity index (χ4n) is 2.20. The van der Waals surface area contributed by atoms with Crippen LogP contribution in [0.1, 0.15) is 21.4 Å². The average molecular weight is 272 g/mol. The number of alkyl halides is 1. The van der Waals surface area contributed by atoms with Gasteiger partial charge in [0, 0.05) is 0 Å². The van der Waals surface area contributed by atoms with Crippen LogP contribution in [0.5, 0.6) is 0 Å². The highest BCUT2D eigenvalue weighted by Crippen LogP contribution is 2.37. The molecule has 94 valence electrons. The van der Waals surface area contributed by atoms with E-state index in [0.717, 1.165) is 5.56 Å². The van der Waals surface area contributed by atoms with Crippen molar-refractivity contribution in [3.05, 3.63) is 65.7 Å². The van der Waals surface area contributed by atoms with Crippen LogP contribution in [-0.2, 0) is 4.79 Å². The Hall–Kier alpha value is -2.13. The van der Waals surface area contributed by atoms with Gasteiger partial charge in [-0.3, -0.25) is 14.5 Å². The van der Waals surface area contributed by atoms with E-state index in [1.807, 2.05) is 30.3 Å². The van der Waals surface area contributed by atoms with Crippen molar-refractivity contribution >= 4 is 29.0 Å². The van der Waals surface area contributed by atoms with Crippen molar-refractivity contribution in [2.75, 3.05) is 4.90 Å². The van der Waals surface area contributed by atoms with Gasteiger partial charge in [0.15, 0.2) is 0 Å². The summed E-state index contributed by atoms with van der Waals surface area (Å²) in [6.45, 7) is 0. The summed E-state index contributed by atoms with van der Waals surface area (Å²) in [7, 11) is 0. The van der Waals surface area contributed by atoms with Gasteiger partial charge < -0.3 is 0 Å². The van der Waals surface area contributed by atoms with Crippen LogP contribution in [0.2, 0.25) is 0 Å². The zero-order chi connectivity index (χ0) is 13.4. The Bertz CT molecular complexity index is 654. The first kappa shape index (κ1) is 11.9. The third kappa shape index (κ3) is 1.83. The number of ketones is 1. The van der Waals surface area contributed by atoms with E-state index in [1.54, 1.807) is 24.3 Å².